The Morgan fingerprint density at radius 3 is 2.40 bits per heavy atom. The van der Waals surface area contributed by atoms with E-state index in [1.165, 1.54) is 30.5 Å². The third-order valence-corrected chi connectivity index (χ3v) is 4.32. The number of nitrogens with one attached hydrogen (secondary N) is 2. The molecule has 4 rings (SSSR count). The molecule has 2 aromatic heterocycles. The molecule has 0 spiro atoms. The van der Waals surface area contributed by atoms with Gasteiger partial charge < -0.3 is 15.4 Å². The number of fused-ring (bicyclic) bond motifs is 1. The maximum absolute atomic E-state index is 12.3. The van der Waals surface area contributed by atoms with Crippen LogP contribution in [-0.4, -0.2) is 32.9 Å². The smallest absolute Gasteiger partial charge is 0.406 e. The molecule has 0 bridgehead atoms. The van der Waals surface area contributed by atoms with Crippen molar-refractivity contribution in [2.75, 3.05) is 17.7 Å². The molecule has 0 aliphatic heterocycles. The van der Waals surface area contributed by atoms with Crippen LogP contribution in [0.2, 0.25) is 0 Å². The molecule has 0 unspecified atom stereocenters. The van der Waals surface area contributed by atoms with Gasteiger partial charge in [-0.2, -0.15) is 0 Å². The van der Waals surface area contributed by atoms with Crippen molar-refractivity contribution in [3.05, 3.63) is 60.7 Å². The summed E-state index contributed by atoms with van der Waals surface area (Å²) >= 11 is 0. The number of imidazole rings is 1. The molecule has 2 N–H and O–H groups in total. The van der Waals surface area contributed by atoms with E-state index in [-0.39, 0.29) is 5.75 Å². The number of ether oxygens (including phenoxy) is 1. The van der Waals surface area contributed by atoms with E-state index in [1.807, 2.05) is 36.7 Å². The Balaban J connectivity index is 1.62. The van der Waals surface area contributed by atoms with Crippen molar-refractivity contribution in [3.8, 4) is 11.6 Å². The van der Waals surface area contributed by atoms with E-state index in [9.17, 15) is 13.2 Å². The lowest BCUT2D eigenvalue weighted by Gasteiger charge is -2.11. The summed E-state index contributed by atoms with van der Waals surface area (Å²) < 4.78 is 42.6. The number of rotatable bonds is 5. The number of benzene rings is 2. The highest BCUT2D eigenvalue weighted by Crippen LogP contribution is 2.26. The molecule has 10 heteroatoms. The molecule has 2 heterocycles. The summed E-state index contributed by atoms with van der Waals surface area (Å²) in [5.41, 5.74) is 3.18. The summed E-state index contributed by atoms with van der Waals surface area (Å²) in [6, 6.07) is 11.2. The lowest BCUT2D eigenvalue weighted by molar-refractivity contribution is -0.274. The Kier molecular flexibility index (Phi) is 4.90. The van der Waals surface area contributed by atoms with E-state index in [4.69, 9.17) is 0 Å². The standard InChI is InChI=1S/C20H17F3N6O/c1-12-26-16-8-5-14(24-2)9-17(16)29(12)19-11-25-10-18(28-19)27-13-3-6-15(7-4-13)30-20(21,22)23/h3-11,24H,1-2H3,(H,27,28). The average Bonchev–Trinajstić information content (AvgIpc) is 3.03. The minimum absolute atomic E-state index is 0.297. The first-order chi connectivity index (χ1) is 14.3. The Labute approximate surface area is 169 Å². The Bertz CT molecular complexity index is 1190. The van der Waals surface area contributed by atoms with E-state index in [0.717, 1.165) is 22.5 Å². The first kappa shape index (κ1) is 19.5. The highest BCUT2D eigenvalue weighted by atomic mass is 19.4. The monoisotopic (exact) mass is 414 g/mol. The topological polar surface area (TPSA) is 76.9 Å². The molecule has 7 nitrogen and oxygen atoms in total. The highest BCUT2D eigenvalue weighted by molar-refractivity contribution is 5.81. The van der Waals surface area contributed by atoms with Gasteiger partial charge in [-0.05, 0) is 49.4 Å². The number of aromatic nitrogens is 4. The predicted molar refractivity (Wildman–Crippen MR) is 107 cm³/mol. The van der Waals surface area contributed by atoms with Crippen LogP contribution in [0.5, 0.6) is 5.75 Å². The van der Waals surface area contributed by atoms with Crippen molar-refractivity contribution in [2.24, 2.45) is 0 Å². The van der Waals surface area contributed by atoms with E-state index >= 15 is 0 Å². The van der Waals surface area contributed by atoms with Crippen LogP contribution in [0.25, 0.3) is 16.9 Å². The van der Waals surface area contributed by atoms with Gasteiger partial charge in [-0.3, -0.25) is 9.55 Å². The Hall–Kier alpha value is -3.82. The predicted octanol–water partition coefficient (Wildman–Crippen LogP) is 4.81. The van der Waals surface area contributed by atoms with Gasteiger partial charge in [0, 0.05) is 18.4 Å². The SMILES string of the molecule is CNc1ccc2nc(C)n(-c3cncc(Nc4ccc(OC(F)(F)F)cc4)n3)c2c1. The largest absolute Gasteiger partial charge is 0.573 e. The van der Waals surface area contributed by atoms with Crippen molar-refractivity contribution < 1.29 is 17.9 Å². The zero-order valence-electron chi connectivity index (χ0n) is 16.0. The molecule has 0 saturated carbocycles. The van der Waals surface area contributed by atoms with Gasteiger partial charge in [-0.15, -0.1) is 13.2 Å². The lowest BCUT2D eigenvalue weighted by atomic mass is 10.2. The van der Waals surface area contributed by atoms with Crippen molar-refractivity contribution in [3.63, 3.8) is 0 Å². The van der Waals surface area contributed by atoms with Crippen LogP contribution < -0.4 is 15.4 Å². The molecule has 30 heavy (non-hydrogen) atoms. The molecule has 2 aromatic carbocycles. The molecule has 0 amide bonds. The Morgan fingerprint density at radius 1 is 0.967 bits per heavy atom. The lowest BCUT2D eigenvalue weighted by Crippen LogP contribution is -2.16. The fourth-order valence-corrected chi connectivity index (χ4v) is 3.05. The molecule has 0 fully saturated rings. The molecule has 0 saturated heterocycles. The molecule has 0 atom stereocenters. The fraction of sp³-hybridized carbons (Fsp3) is 0.150. The molecule has 0 aliphatic carbocycles. The number of halogens is 3. The van der Waals surface area contributed by atoms with E-state index in [1.54, 1.807) is 6.20 Å². The zero-order valence-corrected chi connectivity index (χ0v) is 16.0. The summed E-state index contributed by atoms with van der Waals surface area (Å²) in [6.45, 7) is 1.88. The van der Waals surface area contributed by atoms with Gasteiger partial charge >= 0.3 is 6.36 Å². The zero-order chi connectivity index (χ0) is 21.3. The number of hydrogen-bond acceptors (Lipinski definition) is 6. The van der Waals surface area contributed by atoms with Crippen molar-refractivity contribution in [1.29, 1.82) is 0 Å². The summed E-state index contributed by atoms with van der Waals surface area (Å²) in [5.74, 6) is 1.44. The normalized spacial score (nSPS) is 11.5. The van der Waals surface area contributed by atoms with Crippen LogP contribution in [0.15, 0.2) is 54.9 Å². The van der Waals surface area contributed by atoms with Gasteiger partial charge in [0.25, 0.3) is 0 Å². The van der Waals surface area contributed by atoms with E-state index in [2.05, 4.69) is 30.3 Å². The van der Waals surface area contributed by atoms with Crippen molar-refractivity contribution >= 4 is 28.2 Å². The quantitative estimate of drug-likeness (QED) is 0.488. The summed E-state index contributed by atoms with van der Waals surface area (Å²) in [6.07, 6.45) is -1.59. The van der Waals surface area contributed by atoms with Crippen LogP contribution in [0.1, 0.15) is 5.82 Å². The van der Waals surface area contributed by atoms with Crippen LogP contribution >= 0.6 is 0 Å². The molecule has 154 valence electrons. The van der Waals surface area contributed by atoms with Crippen molar-refractivity contribution in [1.82, 2.24) is 19.5 Å². The maximum atomic E-state index is 12.3. The molecule has 4 aromatic rings. The third kappa shape index (κ3) is 4.12. The van der Waals surface area contributed by atoms with Crippen molar-refractivity contribution in [2.45, 2.75) is 13.3 Å². The maximum Gasteiger partial charge on any atom is 0.573 e. The van der Waals surface area contributed by atoms with Gasteiger partial charge in [-0.25, -0.2) is 9.97 Å². The van der Waals surface area contributed by atoms with Gasteiger partial charge in [0.05, 0.1) is 23.4 Å². The first-order valence-electron chi connectivity index (χ1n) is 8.94. The number of anilines is 3. The average molecular weight is 414 g/mol. The molecule has 0 radical (unpaired) electrons. The Morgan fingerprint density at radius 2 is 1.70 bits per heavy atom. The van der Waals surface area contributed by atoms with Gasteiger partial charge in [0.1, 0.15) is 11.6 Å². The van der Waals surface area contributed by atoms with E-state index < -0.39 is 6.36 Å². The second kappa shape index (κ2) is 7.54. The van der Waals surface area contributed by atoms with Gasteiger partial charge in [0.2, 0.25) is 0 Å². The number of nitrogens with zero attached hydrogens (tertiary/aromatic N) is 4. The van der Waals surface area contributed by atoms with Crippen LogP contribution in [0.3, 0.4) is 0 Å². The third-order valence-electron chi connectivity index (χ3n) is 4.32. The first-order valence-corrected chi connectivity index (χ1v) is 8.94. The highest BCUT2D eigenvalue weighted by Gasteiger charge is 2.30. The molecule has 0 aliphatic rings. The molecular formula is C20H17F3N6O. The number of hydrogen-bond donors (Lipinski definition) is 2. The van der Waals surface area contributed by atoms with Crippen LogP contribution in [0, 0.1) is 6.92 Å². The number of alkyl halides is 3. The number of aryl methyl sites for hydroxylation is 1. The van der Waals surface area contributed by atoms with Crippen LogP contribution in [-0.2, 0) is 0 Å². The second-order valence-electron chi connectivity index (χ2n) is 6.41. The van der Waals surface area contributed by atoms with Gasteiger partial charge in [-0.1, -0.05) is 0 Å². The van der Waals surface area contributed by atoms with Crippen LogP contribution in [0.4, 0.5) is 30.4 Å². The van der Waals surface area contributed by atoms with Gasteiger partial charge in [0.15, 0.2) is 11.6 Å². The van der Waals surface area contributed by atoms with E-state index in [0.29, 0.717) is 17.3 Å². The summed E-state index contributed by atoms with van der Waals surface area (Å²) in [5, 5.41) is 6.13. The minimum Gasteiger partial charge on any atom is -0.406 e. The minimum atomic E-state index is -4.73. The second-order valence-corrected chi connectivity index (χ2v) is 6.41. The molecular weight excluding hydrogens is 397 g/mol. The summed E-state index contributed by atoms with van der Waals surface area (Å²) in [4.78, 5) is 13.4. The fourth-order valence-electron chi connectivity index (χ4n) is 3.05. The summed E-state index contributed by atoms with van der Waals surface area (Å²) in [7, 11) is 1.84.